The van der Waals surface area contributed by atoms with Crippen LogP contribution in [0.5, 0.6) is 0 Å². The van der Waals surface area contributed by atoms with Gasteiger partial charge in [-0.15, -0.1) is 0 Å². The molecule has 92 valence electrons. The average Bonchev–Trinajstić information content (AvgIpc) is 2.81. The summed E-state index contributed by atoms with van der Waals surface area (Å²) < 4.78 is 4.96. The molecular formula is C13H11NO4. The molecule has 0 aliphatic heterocycles. The molecule has 5 nitrogen and oxygen atoms in total. The SMILES string of the molecule is O=C(O)Cc1cccc(NC(=O)c2ccco2)c1. The van der Waals surface area contributed by atoms with Gasteiger partial charge in [0.1, 0.15) is 0 Å². The molecule has 1 heterocycles. The maximum Gasteiger partial charge on any atom is 0.307 e. The van der Waals surface area contributed by atoms with E-state index >= 15 is 0 Å². The molecule has 1 amide bonds. The van der Waals surface area contributed by atoms with Gasteiger partial charge in [-0.1, -0.05) is 12.1 Å². The third-order valence-corrected chi connectivity index (χ3v) is 2.29. The Morgan fingerprint density at radius 2 is 2.06 bits per heavy atom. The van der Waals surface area contributed by atoms with Crippen LogP contribution in [-0.2, 0) is 11.2 Å². The highest BCUT2D eigenvalue weighted by Gasteiger charge is 2.09. The minimum atomic E-state index is -0.912. The smallest absolute Gasteiger partial charge is 0.307 e. The average molecular weight is 245 g/mol. The van der Waals surface area contributed by atoms with Crippen molar-refractivity contribution in [3.05, 3.63) is 54.0 Å². The lowest BCUT2D eigenvalue weighted by Gasteiger charge is -2.04. The molecular weight excluding hydrogens is 234 g/mol. The van der Waals surface area contributed by atoms with E-state index in [1.807, 2.05) is 0 Å². The van der Waals surface area contributed by atoms with Crippen LogP contribution in [-0.4, -0.2) is 17.0 Å². The summed E-state index contributed by atoms with van der Waals surface area (Å²) in [6.45, 7) is 0. The molecule has 0 spiro atoms. The van der Waals surface area contributed by atoms with Gasteiger partial charge in [0, 0.05) is 5.69 Å². The molecule has 2 N–H and O–H groups in total. The van der Waals surface area contributed by atoms with Crippen LogP contribution in [0.4, 0.5) is 5.69 Å². The Morgan fingerprint density at radius 1 is 1.22 bits per heavy atom. The number of carboxylic acid groups (broad SMARTS) is 1. The first-order valence-corrected chi connectivity index (χ1v) is 5.31. The van der Waals surface area contributed by atoms with E-state index in [0.717, 1.165) is 0 Å². The molecule has 0 saturated heterocycles. The van der Waals surface area contributed by atoms with Crippen LogP contribution < -0.4 is 5.32 Å². The monoisotopic (exact) mass is 245 g/mol. The molecule has 0 bridgehead atoms. The summed E-state index contributed by atoms with van der Waals surface area (Å²) in [6.07, 6.45) is 1.33. The van der Waals surface area contributed by atoms with Crippen LogP contribution in [0, 0.1) is 0 Å². The summed E-state index contributed by atoms with van der Waals surface area (Å²) in [7, 11) is 0. The number of carbonyl (C=O) groups is 2. The summed E-state index contributed by atoms with van der Waals surface area (Å²) in [6, 6.07) is 9.86. The minimum absolute atomic E-state index is 0.0789. The second-order valence-electron chi connectivity index (χ2n) is 3.70. The molecule has 2 rings (SSSR count). The van der Waals surface area contributed by atoms with Gasteiger partial charge >= 0.3 is 5.97 Å². The molecule has 2 aromatic rings. The number of rotatable bonds is 4. The van der Waals surface area contributed by atoms with Crippen molar-refractivity contribution in [1.29, 1.82) is 0 Å². The molecule has 5 heteroatoms. The van der Waals surface area contributed by atoms with Gasteiger partial charge < -0.3 is 14.8 Å². The van der Waals surface area contributed by atoms with Gasteiger partial charge in [-0.25, -0.2) is 0 Å². The van der Waals surface area contributed by atoms with Gasteiger partial charge in [-0.2, -0.15) is 0 Å². The summed E-state index contributed by atoms with van der Waals surface area (Å²) in [5, 5.41) is 11.3. The van der Waals surface area contributed by atoms with Crippen LogP contribution in [0.25, 0.3) is 0 Å². The summed E-state index contributed by atoms with van der Waals surface area (Å²) >= 11 is 0. The van der Waals surface area contributed by atoms with Crippen molar-refractivity contribution in [2.45, 2.75) is 6.42 Å². The molecule has 0 atom stereocenters. The lowest BCUT2D eigenvalue weighted by Crippen LogP contribution is -2.11. The Morgan fingerprint density at radius 3 is 2.72 bits per heavy atom. The van der Waals surface area contributed by atoms with Gasteiger partial charge in [0.2, 0.25) is 0 Å². The van der Waals surface area contributed by atoms with Crippen molar-refractivity contribution in [2.24, 2.45) is 0 Å². The summed E-state index contributed by atoms with van der Waals surface area (Å²) in [5.41, 5.74) is 1.16. The fraction of sp³-hybridized carbons (Fsp3) is 0.0769. The fourth-order valence-corrected chi connectivity index (χ4v) is 1.53. The molecule has 0 aliphatic carbocycles. The highest BCUT2D eigenvalue weighted by atomic mass is 16.4. The van der Waals surface area contributed by atoms with Crippen molar-refractivity contribution >= 4 is 17.6 Å². The van der Waals surface area contributed by atoms with Gasteiger partial charge in [0.25, 0.3) is 5.91 Å². The van der Waals surface area contributed by atoms with Crippen LogP contribution in [0.15, 0.2) is 47.1 Å². The first-order chi connectivity index (χ1) is 8.65. The maximum absolute atomic E-state index is 11.7. The van der Waals surface area contributed by atoms with Crippen LogP contribution >= 0.6 is 0 Å². The third kappa shape index (κ3) is 2.98. The van der Waals surface area contributed by atoms with E-state index in [0.29, 0.717) is 11.3 Å². The third-order valence-electron chi connectivity index (χ3n) is 2.29. The predicted molar refractivity (Wildman–Crippen MR) is 64.4 cm³/mol. The van der Waals surface area contributed by atoms with Gasteiger partial charge in [0.05, 0.1) is 12.7 Å². The van der Waals surface area contributed by atoms with Gasteiger partial charge in [-0.3, -0.25) is 9.59 Å². The first kappa shape index (κ1) is 11.9. The van der Waals surface area contributed by atoms with Crippen molar-refractivity contribution in [2.75, 3.05) is 5.32 Å². The molecule has 0 aliphatic rings. The lowest BCUT2D eigenvalue weighted by molar-refractivity contribution is -0.136. The number of nitrogens with one attached hydrogen (secondary N) is 1. The molecule has 1 aromatic carbocycles. The number of benzene rings is 1. The Bertz CT molecular complexity index is 560. The number of aliphatic carboxylic acids is 1. The van der Waals surface area contributed by atoms with Crippen LogP contribution in [0.3, 0.4) is 0 Å². The number of amides is 1. The number of anilines is 1. The Labute approximate surface area is 103 Å². The predicted octanol–water partition coefficient (Wildman–Crippen LogP) is 2.16. The van der Waals surface area contributed by atoms with Crippen molar-refractivity contribution in [3.8, 4) is 0 Å². The largest absolute Gasteiger partial charge is 0.481 e. The molecule has 18 heavy (non-hydrogen) atoms. The Hall–Kier alpha value is -2.56. The zero-order valence-corrected chi connectivity index (χ0v) is 9.42. The number of hydrogen-bond donors (Lipinski definition) is 2. The zero-order valence-electron chi connectivity index (χ0n) is 9.42. The summed E-state index contributed by atoms with van der Waals surface area (Å²) in [4.78, 5) is 22.3. The van der Waals surface area contributed by atoms with E-state index in [9.17, 15) is 9.59 Å². The minimum Gasteiger partial charge on any atom is -0.481 e. The number of carbonyl (C=O) groups excluding carboxylic acids is 1. The quantitative estimate of drug-likeness (QED) is 0.865. The van der Waals surface area contributed by atoms with Crippen molar-refractivity contribution in [3.63, 3.8) is 0 Å². The van der Waals surface area contributed by atoms with Crippen LogP contribution in [0.2, 0.25) is 0 Å². The molecule has 1 aromatic heterocycles. The lowest BCUT2D eigenvalue weighted by atomic mass is 10.1. The van der Waals surface area contributed by atoms with E-state index < -0.39 is 5.97 Å². The maximum atomic E-state index is 11.7. The molecule has 0 fully saturated rings. The fourth-order valence-electron chi connectivity index (χ4n) is 1.53. The molecule has 0 radical (unpaired) electrons. The first-order valence-electron chi connectivity index (χ1n) is 5.31. The number of hydrogen-bond acceptors (Lipinski definition) is 3. The Balaban J connectivity index is 2.10. The second-order valence-corrected chi connectivity index (χ2v) is 3.70. The zero-order chi connectivity index (χ0) is 13.0. The van der Waals surface area contributed by atoms with Crippen molar-refractivity contribution in [1.82, 2.24) is 0 Å². The second kappa shape index (κ2) is 5.18. The molecule has 0 saturated carbocycles. The van der Waals surface area contributed by atoms with Gasteiger partial charge in [-0.05, 0) is 29.8 Å². The van der Waals surface area contributed by atoms with Crippen molar-refractivity contribution < 1.29 is 19.1 Å². The van der Waals surface area contributed by atoms with E-state index in [1.54, 1.807) is 36.4 Å². The summed E-state index contributed by atoms with van der Waals surface area (Å²) in [5.74, 6) is -1.07. The highest BCUT2D eigenvalue weighted by Crippen LogP contribution is 2.13. The number of carboxylic acids is 1. The Kier molecular flexibility index (Phi) is 3.43. The van der Waals surface area contributed by atoms with E-state index in [4.69, 9.17) is 9.52 Å². The van der Waals surface area contributed by atoms with Crippen LogP contribution in [0.1, 0.15) is 16.1 Å². The topological polar surface area (TPSA) is 79.5 Å². The van der Waals surface area contributed by atoms with Gasteiger partial charge in [0.15, 0.2) is 5.76 Å². The standard InChI is InChI=1S/C13H11NO4/c15-12(16)8-9-3-1-4-10(7-9)14-13(17)11-5-2-6-18-11/h1-7H,8H2,(H,14,17)(H,15,16). The van der Waals surface area contributed by atoms with E-state index in [-0.39, 0.29) is 18.1 Å². The molecule has 0 unspecified atom stereocenters. The number of furan rings is 1. The van der Waals surface area contributed by atoms with E-state index in [2.05, 4.69) is 5.32 Å². The highest BCUT2D eigenvalue weighted by molar-refractivity contribution is 6.02. The normalized spacial score (nSPS) is 10.0. The van der Waals surface area contributed by atoms with E-state index in [1.165, 1.54) is 6.26 Å².